The number of benzene rings is 4. The van der Waals surface area contributed by atoms with Gasteiger partial charge in [-0.2, -0.15) is 8.78 Å². The molecule has 6 aromatic rings. The van der Waals surface area contributed by atoms with Crippen LogP contribution in [0.1, 0.15) is 0 Å². The topological polar surface area (TPSA) is 133 Å². The van der Waals surface area contributed by atoms with Gasteiger partial charge in [0.2, 0.25) is 0 Å². The number of sulfonamides is 2. The lowest BCUT2D eigenvalue weighted by molar-refractivity contribution is -0.0523. The Morgan fingerprint density at radius 1 is 0.612 bits per heavy atom. The number of aromatic amines is 2. The lowest BCUT2D eigenvalue weighted by Crippen LogP contribution is -2.14. The number of alkyl halides is 2. The van der Waals surface area contributed by atoms with Crippen molar-refractivity contribution in [3.8, 4) is 5.75 Å². The van der Waals surface area contributed by atoms with Gasteiger partial charge in [-0.15, -0.1) is 0 Å². The van der Waals surface area contributed by atoms with E-state index in [1.165, 1.54) is 36.5 Å². The zero-order chi connectivity index (χ0) is 35.8. The molecule has 0 aliphatic rings. The van der Waals surface area contributed by atoms with Crippen LogP contribution in [0.25, 0.3) is 21.8 Å². The van der Waals surface area contributed by atoms with Crippen LogP contribution in [0.5, 0.6) is 5.75 Å². The van der Waals surface area contributed by atoms with Gasteiger partial charge in [0.15, 0.2) is 17.4 Å². The summed E-state index contributed by atoms with van der Waals surface area (Å²) >= 11 is 17.1. The predicted octanol–water partition coefficient (Wildman–Crippen LogP) is 9.06. The highest BCUT2D eigenvalue weighted by atomic mass is 35.5. The summed E-state index contributed by atoms with van der Waals surface area (Å²) in [5.41, 5.74) is -0.367. The van der Waals surface area contributed by atoms with Crippen molar-refractivity contribution in [1.29, 1.82) is 0 Å². The minimum absolute atomic E-state index is 0.112. The smallest absolute Gasteiger partial charge is 0.387 e. The number of fused-ring (bicyclic) bond motifs is 2. The Balaban J connectivity index is 0.000000192. The van der Waals surface area contributed by atoms with E-state index in [1.807, 2.05) is 9.44 Å². The molecule has 258 valence electrons. The molecule has 4 aromatic carbocycles. The second kappa shape index (κ2) is 13.9. The molecule has 4 N–H and O–H groups in total. The molecule has 0 spiro atoms. The van der Waals surface area contributed by atoms with Crippen molar-refractivity contribution in [1.82, 2.24) is 9.97 Å². The maximum Gasteiger partial charge on any atom is 0.387 e. The molecule has 0 saturated heterocycles. The average Bonchev–Trinajstić information content (AvgIpc) is 3.63. The third-order valence-corrected chi connectivity index (χ3v) is 10.1. The van der Waals surface area contributed by atoms with Crippen molar-refractivity contribution in [2.75, 3.05) is 9.44 Å². The first kappa shape index (κ1) is 36.0. The number of halogens is 9. The van der Waals surface area contributed by atoms with Crippen LogP contribution in [0.3, 0.4) is 0 Å². The number of aromatic nitrogens is 2. The second-order valence-electron chi connectivity index (χ2n) is 9.78. The van der Waals surface area contributed by atoms with Crippen molar-refractivity contribution in [2.24, 2.45) is 0 Å². The van der Waals surface area contributed by atoms with Crippen LogP contribution in [-0.2, 0) is 20.0 Å². The first-order valence-corrected chi connectivity index (χ1v) is 17.2. The molecule has 0 bridgehead atoms. The molecule has 0 radical (unpaired) electrons. The van der Waals surface area contributed by atoms with Crippen molar-refractivity contribution in [3.63, 3.8) is 0 Å². The average molecular weight is 786 g/mol. The van der Waals surface area contributed by atoms with Gasteiger partial charge in [0.1, 0.15) is 21.4 Å². The molecule has 0 amide bonds. The van der Waals surface area contributed by atoms with Gasteiger partial charge in [0.05, 0.1) is 16.4 Å². The van der Waals surface area contributed by atoms with Crippen LogP contribution in [-0.4, -0.2) is 33.4 Å². The third-order valence-electron chi connectivity index (χ3n) is 6.53. The standard InChI is InChI=1S/C15H9ClF4N2O3S.C14H8Cl2F2N2O2S/c16-7-1-2-8-11(3-7)21-6-14(8)26(23,24)22-12-4-10(18)13(5-9(12)17)25-15(19)20;15-7-1-2-8-12(3-7)19-6-14(8)23(21,22)20-13-5-10(17)9(16)4-11(13)18/h1-6,15,21-22H;1-6,19-20H. The summed E-state index contributed by atoms with van der Waals surface area (Å²) in [5.74, 6) is -5.59. The summed E-state index contributed by atoms with van der Waals surface area (Å²) < 4.78 is 137. The van der Waals surface area contributed by atoms with Crippen LogP contribution in [0.4, 0.5) is 37.7 Å². The van der Waals surface area contributed by atoms with Gasteiger partial charge in [0.25, 0.3) is 20.0 Å². The molecule has 0 fully saturated rings. The van der Waals surface area contributed by atoms with E-state index >= 15 is 0 Å². The summed E-state index contributed by atoms with van der Waals surface area (Å²) in [5, 5.41) is 1.02. The van der Waals surface area contributed by atoms with Crippen LogP contribution in [0, 0.1) is 23.3 Å². The molecule has 2 aromatic heterocycles. The largest absolute Gasteiger partial charge is 0.432 e. The molecule has 9 nitrogen and oxygen atoms in total. The van der Waals surface area contributed by atoms with E-state index < -0.39 is 72.1 Å². The van der Waals surface area contributed by atoms with Crippen molar-refractivity contribution < 1.29 is 47.9 Å². The molecule has 6 rings (SSSR count). The lowest BCUT2D eigenvalue weighted by atomic mass is 10.2. The fourth-order valence-electron chi connectivity index (χ4n) is 4.38. The summed E-state index contributed by atoms with van der Waals surface area (Å²) in [6.07, 6.45) is 2.40. The number of rotatable bonds is 8. The molecular formula is C29H17Cl3F6N4O5S2. The van der Waals surface area contributed by atoms with Crippen LogP contribution in [0.15, 0.2) is 82.8 Å². The summed E-state index contributed by atoms with van der Waals surface area (Å²) in [4.78, 5) is 5.13. The van der Waals surface area contributed by atoms with Crippen LogP contribution < -0.4 is 14.2 Å². The Labute approximate surface area is 287 Å². The molecule has 49 heavy (non-hydrogen) atoms. The minimum Gasteiger partial charge on any atom is -0.432 e. The number of nitrogens with one attached hydrogen (secondary N) is 4. The van der Waals surface area contributed by atoms with Gasteiger partial charge in [0, 0.05) is 62.4 Å². The summed E-state index contributed by atoms with van der Waals surface area (Å²) in [7, 11) is -8.44. The predicted molar refractivity (Wildman–Crippen MR) is 173 cm³/mol. The second-order valence-corrected chi connectivity index (χ2v) is 14.4. The van der Waals surface area contributed by atoms with E-state index in [-0.39, 0.29) is 15.2 Å². The quantitative estimate of drug-likeness (QED) is 0.0903. The van der Waals surface area contributed by atoms with E-state index in [9.17, 15) is 43.2 Å². The van der Waals surface area contributed by atoms with Crippen molar-refractivity contribution >= 4 is 88.0 Å². The fraction of sp³-hybridized carbons (Fsp3) is 0.0345. The van der Waals surface area contributed by atoms with Gasteiger partial charge >= 0.3 is 6.61 Å². The van der Waals surface area contributed by atoms with E-state index in [0.29, 0.717) is 50.7 Å². The lowest BCUT2D eigenvalue weighted by Gasteiger charge is -2.11. The highest BCUT2D eigenvalue weighted by Crippen LogP contribution is 2.32. The Bertz CT molecular complexity index is 2440. The molecule has 2 heterocycles. The van der Waals surface area contributed by atoms with E-state index in [2.05, 4.69) is 14.7 Å². The monoisotopic (exact) mass is 784 g/mol. The third kappa shape index (κ3) is 7.96. The fourth-order valence-corrected chi connectivity index (χ4v) is 7.35. The summed E-state index contributed by atoms with van der Waals surface area (Å²) in [6.45, 7) is -3.36. The zero-order valence-corrected chi connectivity index (χ0v) is 27.7. The number of hydrogen-bond donors (Lipinski definition) is 4. The maximum absolute atomic E-state index is 14.0. The number of ether oxygens (including phenoxy) is 1. The zero-order valence-electron chi connectivity index (χ0n) is 23.8. The van der Waals surface area contributed by atoms with Gasteiger partial charge in [-0.1, -0.05) is 34.8 Å². The molecule has 0 aliphatic carbocycles. The Morgan fingerprint density at radius 2 is 1.06 bits per heavy atom. The first-order valence-electron chi connectivity index (χ1n) is 13.1. The highest BCUT2D eigenvalue weighted by molar-refractivity contribution is 7.93. The number of hydrogen-bond acceptors (Lipinski definition) is 5. The highest BCUT2D eigenvalue weighted by Gasteiger charge is 2.24. The van der Waals surface area contributed by atoms with Crippen molar-refractivity contribution in [3.05, 3.63) is 111 Å². The van der Waals surface area contributed by atoms with Gasteiger partial charge < -0.3 is 14.7 Å². The Morgan fingerprint density at radius 3 is 1.53 bits per heavy atom. The SMILES string of the molecule is O=S(=O)(Nc1cc(F)c(Cl)cc1F)c1c[nH]c2cc(Cl)ccc12.O=S(=O)(Nc1cc(F)c(OC(F)F)cc1F)c1c[nH]c2cc(Cl)ccc12. The van der Waals surface area contributed by atoms with Crippen LogP contribution >= 0.6 is 34.8 Å². The molecule has 0 unspecified atom stereocenters. The van der Waals surface area contributed by atoms with Crippen molar-refractivity contribution in [2.45, 2.75) is 16.4 Å². The molecule has 20 heteroatoms. The number of anilines is 2. The van der Waals surface area contributed by atoms with E-state index in [1.54, 1.807) is 6.07 Å². The first-order chi connectivity index (χ1) is 22.9. The Hall–Kier alpha value is -4.29. The molecule has 0 aliphatic heterocycles. The normalized spacial score (nSPS) is 11.9. The van der Waals surface area contributed by atoms with E-state index in [4.69, 9.17) is 34.8 Å². The summed E-state index contributed by atoms with van der Waals surface area (Å²) in [6, 6.07) is 11.1. The van der Waals surface area contributed by atoms with Crippen LogP contribution in [0.2, 0.25) is 15.1 Å². The maximum atomic E-state index is 14.0. The molecule has 0 atom stereocenters. The van der Waals surface area contributed by atoms with E-state index in [0.717, 1.165) is 6.20 Å². The number of H-pyrrole nitrogens is 2. The Kier molecular flexibility index (Phi) is 10.2. The molecule has 0 saturated carbocycles. The minimum atomic E-state index is -4.30. The molecular weight excluding hydrogens is 769 g/mol. The van der Waals surface area contributed by atoms with Gasteiger partial charge in [-0.25, -0.2) is 34.4 Å². The van der Waals surface area contributed by atoms with Gasteiger partial charge in [-0.3, -0.25) is 9.44 Å². The van der Waals surface area contributed by atoms with Gasteiger partial charge in [-0.05, 0) is 42.5 Å².